The predicted octanol–water partition coefficient (Wildman–Crippen LogP) is 5.13. The SMILES string of the molecule is O=C(CCCS(=O)(=O)c1ccc(Cl)cc1)N(Cc1ccncc1)c1nc2ccccc2s1. The average Bonchev–Trinajstić information content (AvgIpc) is 3.22. The highest BCUT2D eigenvalue weighted by Crippen LogP contribution is 2.30. The lowest BCUT2D eigenvalue weighted by Crippen LogP contribution is -2.30. The van der Waals surface area contributed by atoms with Crippen LogP contribution >= 0.6 is 22.9 Å². The second-order valence-electron chi connectivity index (χ2n) is 7.18. The Morgan fingerprint density at radius 2 is 1.72 bits per heavy atom. The van der Waals surface area contributed by atoms with Gasteiger partial charge in [0.15, 0.2) is 15.0 Å². The van der Waals surface area contributed by atoms with E-state index in [4.69, 9.17) is 11.6 Å². The van der Waals surface area contributed by atoms with Gasteiger partial charge in [-0.3, -0.25) is 14.7 Å². The number of sulfone groups is 1. The van der Waals surface area contributed by atoms with Gasteiger partial charge in [-0.1, -0.05) is 35.1 Å². The third-order valence-corrected chi connectivity index (χ3v) is 8.01. The summed E-state index contributed by atoms with van der Waals surface area (Å²) >= 11 is 7.28. The molecule has 0 aliphatic rings. The first-order chi connectivity index (χ1) is 15.4. The number of carbonyl (C=O) groups excluding carboxylic acids is 1. The Morgan fingerprint density at radius 3 is 2.44 bits per heavy atom. The summed E-state index contributed by atoms with van der Waals surface area (Å²) in [4.78, 5) is 23.6. The van der Waals surface area contributed by atoms with E-state index in [0.29, 0.717) is 16.7 Å². The molecule has 0 radical (unpaired) electrons. The number of para-hydroxylation sites is 1. The van der Waals surface area contributed by atoms with Gasteiger partial charge >= 0.3 is 0 Å². The molecule has 0 saturated heterocycles. The number of benzene rings is 2. The molecular weight excluding hydrogens is 466 g/mol. The van der Waals surface area contributed by atoms with Crippen molar-refractivity contribution >= 4 is 54.0 Å². The van der Waals surface area contributed by atoms with Gasteiger partial charge in [0.05, 0.1) is 27.4 Å². The molecule has 4 aromatic rings. The van der Waals surface area contributed by atoms with Gasteiger partial charge in [0, 0.05) is 23.8 Å². The molecular formula is C23H20ClN3O3S2. The number of aromatic nitrogens is 2. The van der Waals surface area contributed by atoms with Gasteiger partial charge in [-0.15, -0.1) is 0 Å². The zero-order chi connectivity index (χ0) is 22.6. The molecule has 0 spiro atoms. The standard InChI is InChI=1S/C23H20ClN3O3S2/c24-18-7-9-19(10-8-18)32(29,30)15-3-6-22(28)27(16-17-11-13-25-14-12-17)23-26-20-4-1-2-5-21(20)31-23/h1-2,4-5,7-14H,3,6,15-16H2. The topological polar surface area (TPSA) is 80.2 Å². The molecule has 4 rings (SSSR count). The third-order valence-electron chi connectivity index (χ3n) is 4.88. The lowest BCUT2D eigenvalue weighted by Gasteiger charge is -2.20. The van der Waals surface area contributed by atoms with Crippen LogP contribution in [0.3, 0.4) is 0 Å². The van der Waals surface area contributed by atoms with Gasteiger partial charge in [0.1, 0.15) is 0 Å². The van der Waals surface area contributed by atoms with E-state index in [1.54, 1.807) is 29.4 Å². The molecule has 0 fully saturated rings. The van der Waals surface area contributed by atoms with Crippen LogP contribution in [0.1, 0.15) is 18.4 Å². The van der Waals surface area contributed by atoms with Crippen LogP contribution in [0.25, 0.3) is 10.2 Å². The maximum absolute atomic E-state index is 13.2. The summed E-state index contributed by atoms with van der Waals surface area (Å²) < 4.78 is 26.2. The molecule has 0 unspecified atom stereocenters. The van der Waals surface area contributed by atoms with Gasteiger partial charge in [-0.05, 0) is 60.5 Å². The summed E-state index contributed by atoms with van der Waals surface area (Å²) in [7, 11) is -3.49. The Labute approximate surface area is 195 Å². The van der Waals surface area contributed by atoms with Crippen molar-refractivity contribution in [2.45, 2.75) is 24.3 Å². The minimum Gasteiger partial charge on any atom is -0.284 e. The maximum Gasteiger partial charge on any atom is 0.229 e. The van der Waals surface area contributed by atoms with Crippen molar-refractivity contribution in [3.63, 3.8) is 0 Å². The lowest BCUT2D eigenvalue weighted by atomic mass is 10.2. The number of carbonyl (C=O) groups is 1. The summed E-state index contributed by atoms with van der Waals surface area (Å²) in [6.45, 7) is 0.338. The Balaban J connectivity index is 1.50. The number of anilines is 1. The summed E-state index contributed by atoms with van der Waals surface area (Å²) in [5.41, 5.74) is 1.74. The Hall–Kier alpha value is -2.81. The van der Waals surface area contributed by atoms with Gasteiger partial charge in [0.2, 0.25) is 5.91 Å². The van der Waals surface area contributed by atoms with Crippen molar-refractivity contribution < 1.29 is 13.2 Å². The van der Waals surface area contributed by atoms with Crippen LogP contribution < -0.4 is 4.90 Å². The summed E-state index contributed by atoms with van der Waals surface area (Å²) in [6.07, 6.45) is 3.65. The van der Waals surface area contributed by atoms with E-state index in [1.165, 1.54) is 23.5 Å². The number of fused-ring (bicyclic) bond motifs is 1. The maximum atomic E-state index is 13.2. The first-order valence-corrected chi connectivity index (χ1v) is 12.8. The van der Waals surface area contributed by atoms with Crippen LogP contribution in [-0.4, -0.2) is 30.0 Å². The highest BCUT2D eigenvalue weighted by molar-refractivity contribution is 7.91. The normalized spacial score (nSPS) is 11.5. The van der Waals surface area contributed by atoms with Gasteiger partial charge in [-0.2, -0.15) is 0 Å². The van der Waals surface area contributed by atoms with Crippen molar-refractivity contribution in [3.8, 4) is 0 Å². The molecule has 0 atom stereocenters. The van der Waals surface area contributed by atoms with Gasteiger partial charge in [0.25, 0.3) is 0 Å². The van der Waals surface area contributed by atoms with Crippen LogP contribution in [-0.2, 0) is 21.2 Å². The second-order valence-corrected chi connectivity index (χ2v) is 10.7. The Morgan fingerprint density at radius 1 is 1.00 bits per heavy atom. The van der Waals surface area contributed by atoms with Crippen LogP contribution in [0, 0.1) is 0 Å². The molecule has 2 aromatic heterocycles. The van der Waals surface area contributed by atoms with Gasteiger partial charge in [-0.25, -0.2) is 13.4 Å². The quantitative estimate of drug-likeness (QED) is 0.345. The molecule has 0 aliphatic heterocycles. The number of rotatable bonds is 8. The molecule has 2 heterocycles. The van der Waals surface area contributed by atoms with Crippen LogP contribution in [0.2, 0.25) is 5.02 Å². The van der Waals surface area contributed by atoms with E-state index in [-0.39, 0.29) is 29.4 Å². The molecule has 0 N–H and O–H groups in total. The molecule has 1 amide bonds. The fraction of sp³-hybridized carbons (Fsp3) is 0.174. The number of amides is 1. The molecule has 0 bridgehead atoms. The van der Waals surface area contributed by atoms with Crippen LogP contribution in [0.4, 0.5) is 5.13 Å². The van der Waals surface area contributed by atoms with E-state index in [1.807, 2.05) is 36.4 Å². The van der Waals surface area contributed by atoms with Crippen molar-refractivity contribution in [1.29, 1.82) is 0 Å². The predicted molar refractivity (Wildman–Crippen MR) is 128 cm³/mol. The summed E-state index contributed by atoms with van der Waals surface area (Å²) in [5, 5.41) is 1.07. The molecule has 164 valence electrons. The van der Waals surface area contributed by atoms with Crippen LogP contribution in [0.15, 0.2) is 78.0 Å². The fourth-order valence-electron chi connectivity index (χ4n) is 3.22. The van der Waals surface area contributed by atoms with Crippen molar-refractivity contribution in [2.24, 2.45) is 0 Å². The fourth-order valence-corrected chi connectivity index (χ4v) is 5.64. The molecule has 32 heavy (non-hydrogen) atoms. The summed E-state index contributed by atoms with van der Waals surface area (Å²) in [5.74, 6) is -0.296. The van der Waals surface area contributed by atoms with Crippen LogP contribution in [0.5, 0.6) is 0 Å². The Bertz CT molecular complexity index is 1290. The molecule has 6 nitrogen and oxygen atoms in total. The zero-order valence-electron chi connectivity index (χ0n) is 17.0. The Kier molecular flexibility index (Phi) is 6.83. The van der Waals surface area contributed by atoms with E-state index in [2.05, 4.69) is 9.97 Å². The largest absolute Gasteiger partial charge is 0.284 e. The first-order valence-electron chi connectivity index (χ1n) is 9.95. The number of nitrogens with zero attached hydrogens (tertiary/aromatic N) is 3. The third kappa shape index (κ3) is 5.32. The molecule has 0 saturated carbocycles. The summed E-state index contributed by atoms with van der Waals surface area (Å²) in [6, 6.07) is 17.5. The van der Waals surface area contributed by atoms with Gasteiger partial charge < -0.3 is 0 Å². The zero-order valence-corrected chi connectivity index (χ0v) is 19.4. The highest BCUT2D eigenvalue weighted by Gasteiger charge is 2.22. The molecule has 9 heteroatoms. The molecule has 2 aromatic carbocycles. The number of pyridine rings is 1. The first kappa shape index (κ1) is 22.4. The monoisotopic (exact) mass is 485 g/mol. The number of hydrogen-bond acceptors (Lipinski definition) is 6. The van der Waals surface area contributed by atoms with E-state index < -0.39 is 9.84 Å². The smallest absolute Gasteiger partial charge is 0.229 e. The minimum atomic E-state index is -3.49. The van der Waals surface area contributed by atoms with E-state index in [0.717, 1.165) is 15.8 Å². The van der Waals surface area contributed by atoms with E-state index >= 15 is 0 Å². The van der Waals surface area contributed by atoms with Crippen molar-refractivity contribution in [3.05, 3.63) is 83.6 Å². The van der Waals surface area contributed by atoms with Crippen molar-refractivity contribution in [2.75, 3.05) is 10.7 Å². The molecule has 0 aliphatic carbocycles. The second kappa shape index (κ2) is 9.77. The number of thiazole rings is 1. The average molecular weight is 486 g/mol. The highest BCUT2D eigenvalue weighted by atomic mass is 35.5. The number of hydrogen-bond donors (Lipinski definition) is 0. The van der Waals surface area contributed by atoms with Crippen molar-refractivity contribution in [1.82, 2.24) is 9.97 Å². The number of halogens is 1. The van der Waals surface area contributed by atoms with E-state index in [9.17, 15) is 13.2 Å². The minimum absolute atomic E-state index is 0.0911. The lowest BCUT2D eigenvalue weighted by molar-refractivity contribution is -0.118.